The van der Waals surface area contributed by atoms with Gasteiger partial charge in [0, 0.05) is 17.6 Å². The predicted molar refractivity (Wildman–Crippen MR) is 63.1 cm³/mol. The monoisotopic (exact) mass is 273 g/mol. The summed E-state index contributed by atoms with van der Waals surface area (Å²) in [5.41, 5.74) is 7.19. The SMILES string of the molecule is Nc1c(Br)cccc1NCCNC(=O)O. The molecule has 0 heterocycles. The molecule has 0 spiro atoms. The maximum absolute atomic E-state index is 10.2. The van der Waals surface area contributed by atoms with Crippen molar-refractivity contribution in [3.8, 4) is 0 Å². The van der Waals surface area contributed by atoms with Crippen LogP contribution in [0.4, 0.5) is 16.2 Å². The molecule has 0 aromatic heterocycles. The molecule has 0 unspecified atom stereocenters. The molecule has 1 aromatic carbocycles. The van der Waals surface area contributed by atoms with Crippen molar-refractivity contribution < 1.29 is 9.90 Å². The van der Waals surface area contributed by atoms with Gasteiger partial charge >= 0.3 is 6.09 Å². The Labute approximate surface area is 95.8 Å². The van der Waals surface area contributed by atoms with E-state index in [4.69, 9.17) is 10.8 Å². The molecule has 1 amide bonds. The first-order chi connectivity index (χ1) is 7.11. The van der Waals surface area contributed by atoms with E-state index in [1.54, 1.807) is 0 Å². The predicted octanol–water partition coefficient (Wildman–Crippen LogP) is 1.71. The summed E-state index contributed by atoms with van der Waals surface area (Å²) in [6, 6.07) is 5.53. The van der Waals surface area contributed by atoms with Crippen LogP contribution in [0.2, 0.25) is 0 Å². The molecule has 0 bridgehead atoms. The number of benzene rings is 1. The second-order valence-corrected chi connectivity index (χ2v) is 3.71. The van der Waals surface area contributed by atoms with Gasteiger partial charge in [0.15, 0.2) is 0 Å². The number of nitrogens with one attached hydrogen (secondary N) is 2. The third-order valence-electron chi connectivity index (χ3n) is 1.77. The third-order valence-corrected chi connectivity index (χ3v) is 2.46. The van der Waals surface area contributed by atoms with Gasteiger partial charge in [0.1, 0.15) is 0 Å². The summed E-state index contributed by atoms with van der Waals surface area (Å²) in [6.07, 6.45) is -1.03. The molecule has 0 atom stereocenters. The van der Waals surface area contributed by atoms with E-state index in [1.807, 2.05) is 18.2 Å². The Hall–Kier alpha value is -1.43. The minimum Gasteiger partial charge on any atom is -0.465 e. The molecular weight excluding hydrogens is 262 g/mol. The van der Waals surface area contributed by atoms with Crippen molar-refractivity contribution in [3.05, 3.63) is 22.7 Å². The number of nitrogens with two attached hydrogens (primary N) is 1. The Bertz CT molecular complexity index is 357. The summed E-state index contributed by atoms with van der Waals surface area (Å²) in [7, 11) is 0. The number of anilines is 2. The molecule has 0 saturated heterocycles. The van der Waals surface area contributed by atoms with Gasteiger partial charge in [0.25, 0.3) is 0 Å². The van der Waals surface area contributed by atoms with Crippen molar-refractivity contribution in [2.75, 3.05) is 24.1 Å². The molecule has 1 rings (SSSR count). The molecule has 15 heavy (non-hydrogen) atoms. The molecule has 0 aliphatic carbocycles. The Balaban J connectivity index is 2.44. The van der Waals surface area contributed by atoms with E-state index in [0.717, 1.165) is 10.2 Å². The van der Waals surface area contributed by atoms with Gasteiger partial charge < -0.3 is 21.5 Å². The van der Waals surface area contributed by atoms with E-state index in [1.165, 1.54) is 0 Å². The minimum atomic E-state index is -1.03. The van der Waals surface area contributed by atoms with Gasteiger partial charge in [-0.2, -0.15) is 0 Å². The number of halogens is 1. The van der Waals surface area contributed by atoms with Crippen molar-refractivity contribution >= 4 is 33.4 Å². The van der Waals surface area contributed by atoms with E-state index in [-0.39, 0.29) is 0 Å². The fraction of sp³-hybridized carbons (Fsp3) is 0.222. The Morgan fingerprint density at radius 1 is 1.47 bits per heavy atom. The van der Waals surface area contributed by atoms with Crippen LogP contribution in [0.25, 0.3) is 0 Å². The maximum Gasteiger partial charge on any atom is 0.404 e. The first-order valence-corrected chi connectivity index (χ1v) is 5.15. The number of amides is 1. The number of hydrogen-bond donors (Lipinski definition) is 4. The van der Waals surface area contributed by atoms with E-state index in [0.29, 0.717) is 18.8 Å². The Morgan fingerprint density at radius 2 is 2.20 bits per heavy atom. The van der Waals surface area contributed by atoms with Gasteiger partial charge in [-0.25, -0.2) is 4.79 Å². The zero-order valence-corrected chi connectivity index (χ0v) is 9.54. The summed E-state index contributed by atoms with van der Waals surface area (Å²) in [4.78, 5) is 10.2. The van der Waals surface area contributed by atoms with Crippen LogP contribution in [0.15, 0.2) is 22.7 Å². The van der Waals surface area contributed by atoms with Gasteiger partial charge in [-0.1, -0.05) is 6.07 Å². The number of hydrogen-bond acceptors (Lipinski definition) is 3. The van der Waals surface area contributed by atoms with Gasteiger partial charge in [0.2, 0.25) is 0 Å². The van der Waals surface area contributed by atoms with Crippen LogP contribution in [0, 0.1) is 0 Å². The average Bonchev–Trinajstić information content (AvgIpc) is 2.18. The molecule has 5 nitrogen and oxygen atoms in total. The normalized spacial score (nSPS) is 9.67. The quantitative estimate of drug-likeness (QED) is 0.497. The highest BCUT2D eigenvalue weighted by Crippen LogP contribution is 2.26. The van der Waals surface area contributed by atoms with Crippen LogP contribution < -0.4 is 16.4 Å². The van der Waals surface area contributed by atoms with Crippen LogP contribution in [-0.4, -0.2) is 24.3 Å². The van der Waals surface area contributed by atoms with Gasteiger partial charge in [0.05, 0.1) is 11.4 Å². The maximum atomic E-state index is 10.2. The number of carbonyl (C=O) groups is 1. The van der Waals surface area contributed by atoms with Crippen molar-refractivity contribution in [2.45, 2.75) is 0 Å². The van der Waals surface area contributed by atoms with Crippen molar-refractivity contribution in [1.82, 2.24) is 5.32 Å². The lowest BCUT2D eigenvalue weighted by atomic mass is 10.2. The first-order valence-electron chi connectivity index (χ1n) is 4.36. The highest BCUT2D eigenvalue weighted by atomic mass is 79.9. The topological polar surface area (TPSA) is 87.4 Å². The second-order valence-electron chi connectivity index (χ2n) is 2.86. The van der Waals surface area contributed by atoms with Gasteiger partial charge in [-0.15, -0.1) is 0 Å². The molecule has 0 saturated carbocycles. The first kappa shape index (κ1) is 11.6. The van der Waals surface area contributed by atoms with Crippen LogP contribution in [-0.2, 0) is 0 Å². The molecule has 5 N–H and O–H groups in total. The molecular formula is C9H12BrN3O2. The number of para-hydroxylation sites is 1. The number of nitrogen functional groups attached to an aromatic ring is 1. The smallest absolute Gasteiger partial charge is 0.404 e. The highest BCUT2D eigenvalue weighted by molar-refractivity contribution is 9.10. The lowest BCUT2D eigenvalue weighted by Crippen LogP contribution is -2.27. The summed E-state index contributed by atoms with van der Waals surface area (Å²) < 4.78 is 0.818. The van der Waals surface area contributed by atoms with Crippen molar-refractivity contribution in [3.63, 3.8) is 0 Å². The highest BCUT2D eigenvalue weighted by Gasteiger charge is 2.01. The fourth-order valence-electron chi connectivity index (χ4n) is 1.06. The van der Waals surface area contributed by atoms with Crippen molar-refractivity contribution in [2.24, 2.45) is 0 Å². The average molecular weight is 274 g/mol. The van der Waals surface area contributed by atoms with E-state index < -0.39 is 6.09 Å². The lowest BCUT2D eigenvalue weighted by molar-refractivity contribution is 0.195. The largest absolute Gasteiger partial charge is 0.465 e. The van der Waals surface area contributed by atoms with Crippen LogP contribution in [0.3, 0.4) is 0 Å². The standard InChI is InChI=1S/C9H12BrN3O2/c10-6-2-1-3-7(8(6)11)12-4-5-13-9(14)15/h1-3,12-13H,4-5,11H2,(H,14,15). The summed E-state index contributed by atoms with van der Waals surface area (Å²) >= 11 is 3.30. The fourth-order valence-corrected chi connectivity index (χ4v) is 1.42. The number of rotatable bonds is 4. The third kappa shape index (κ3) is 3.67. The van der Waals surface area contributed by atoms with E-state index in [2.05, 4.69) is 26.6 Å². The van der Waals surface area contributed by atoms with Crippen molar-refractivity contribution in [1.29, 1.82) is 0 Å². The molecule has 0 radical (unpaired) electrons. The van der Waals surface area contributed by atoms with Gasteiger partial charge in [-0.05, 0) is 28.1 Å². The Kier molecular flexibility index (Phi) is 4.23. The van der Waals surface area contributed by atoms with E-state index in [9.17, 15) is 4.79 Å². The van der Waals surface area contributed by atoms with Crippen LogP contribution in [0.5, 0.6) is 0 Å². The minimum absolute atomic E-state index is 0.335. The molecule has 6 heteroatoms. The summed E-state index contributed by atoms with van der Waals surface area (Å²) in [6.45, 7) is 0.828. The zero-order chi connectivity index (χ0) is 11.3. The van der Waals surface area contributed by atoms with Crippen LogP contribution >= 0.6 is 15.9 Å². The zero-order valence-electron chi connectivity index (χ0n) is 7.96. The summed E-state index contributed by atoms with van der Waals surface area (Å²) in [5, 5.41) is 13.6. The lowest BCUT2D eigenvalue weighted by Gasteiger charge is -2.09. The molecule has 0 fully saturated rings. The summed E-state index contributed by atoms with van der Waals surface area (Å²) in [5.74, 6) is 0. The van der Waals surface area contributed by atoms with Crippen LogP contribution in [0.1, 0.15) is 0 Å². The second kappa shape index (κ2) is 5.45. The molecule has 82 valence electrons. The van der Waals surface area contributed by atoms with E-state index >= 15 is 0 Å². The molecule has 0 aliphatic rings. The molecule has 0 aliphatic heterocycles. The Morgan fingerprint density at radius 3 is 2.87 bits per heavy atom. The molecule has 1 aromatic rings. The van der Waals surface area contributed by atoms with Gasteiger partial charge in [-0.3, -0.25) is 0 Å². The number of carboxylic acid groups (broad SMARTS) is 1.